The Hall–Kier alpha value is -1.56. The quantitative estimate of drug-likeness (QED) is 0.653. The Labute approximate surface area is 97.6 Å². The van der Waals surface area contributed by atoms with Gasteiger partial charge in [0, 0.05) is 17.7 Å². The van der Waals surface area contributed by atoms with Gasteiger partial charge in [-0.3, -0.25) is 10.1 Å². The molecule has 0 aromatic heterocycles. The third-order valence-corrected chi connectivity index (χ3v) is 2.60. The molecule has 0 aliphatic carbocycles. The topological polar surface area (TPSA) is 69.2 Å². The van der Waals surface area contributed by atoms with E-state index >= 15 is 0 Å². The summed E-state index contributed by atoms with van der Waals surface area (Å²) in [5.74, 6) is -1.93. The van der Waals surface area contributed by atoms with Crippen LogP contribution in [0.5, 0.6) is 0 Å². The van der Waals surface area contributed by atoms with E-state index in [9.17, 15) is 18.9 Å². The predicted octanol–water partition coefficient (Wildman–Crippen LogP) is 2.40. The summed E-state index contributed by atoms with van der Waals surface area (Å²) in [6.45, 7) is 3.68. The summed E-state index contributed by atoms with van der Waals surface area (Å²) in [4.78, 5) is 9.86. The molecule has 1 aromatic carbocycles. The molecule has 0 saturated heterocycles. The molecule has 6 heteroatoms. The largest absolute Gasteiger partial charge is 0.327 e. The minimum atomic E-state index is -1.17. The van der Waals surface area contributed by atoms with Crippen LogP contribution in [0.2, 0.25) is 0 Å². The zero-order valence-corrected chi connectivity index (χ0v) is 9.61. The van der Waals surface area contributed by atoms with Crippen LogP contribution in [0.15, 0.2) is 12.1 Å². The van der Waals surface area contributed by atoms with Gasteiger partial charge in [-0.1, -0.05) is 13.8 Å². The van der Waals surface area contributed by atoms with Gasteiger partial charge >= 0.3 is 5.69 Å². The van der Waals surface area contributed by atoms with Gasteiger partial charge in [-0.05, 0) is 18.4 Å². The summed E-state index contributed by atoms with van der Waals surface area (Å²) in [5.41, 5.74) is 5.05. The van der Waals surface area contributed by atoms with Gasteiger partial charge in [0.2, 0.25) is 5.82 Å². The molecule has 1 rings (SSSR count). The Morgan fingerprint density at radius 1 is 1.41 bits per heavy atom. The molecule has 0 aliphatic rings. The molecule has 0 amide bonds. The molecule has 0 heterocycles. The molecular formula is C11H14F2N2O2. The summed E-state index contributed by atoms with van der Waals surface area (Å²) >= 11 is 0. The molecule has 0 spiro atoms. The van der Waals surface area contributed by atoms with E-state index in [0.29, 0.717) is 6.07 Å². The Balaban J connectivity index is 3.17. The lowest BCUT2D eigenvalue weighted by Crippen LogP contribution is -2.29. The maximum absolute atomic E-state index is 13.3. The van der Waals surface area contributed by atoms with E-state index in [1.807, 2.05) is 13.8 Å². The molecule has 0 aliphatic heterocycles. The number of nitro groups is 1. The molecule has 1 atom stereocenters. The van der Waals surface area contributed by atoms with Crippen LogP contribution in [-0.4, -0.2) is 11.0 Å². The summed E-state index contributed by atoms with van der Waals surface area (Å²) in [7, 11) is 0. The van der Waals surface area contributed by atoms with E-state index in [0.717, 1.165) is 6.07 Å². The second-order valence-corrected chi connectivity index (χ2v) is 4.26. The van der Waals surface area contributed by atoms with Gasteiger partial charge in [-0.2, -0.15) is 4.39 Å². The van der Waals surface area contributed by atoms with Crippen molar-refractivity contribution >= 4 is 5.69 Å². The first kappa shape index (κ1) is 13.5. The number of nitro benzene ring substituents is 1. The molecule has 2 N–H and O–H groups in total. The number of hydrogen-bond donors (Lipinski definition) is 1. The maximum atomic E-state index is 13.3. The van der Waals surface area contributed by atoms with Crippen LogP contribution >= 0.6 is 0 Å². The van der Waals surface area contributed by atoms with Crippen molar-refractivity contribution in [1.29, 1.82) is 0 Å². The summed E-state index contributed by atoms with van der Waals surface area (Å²) in [5, 5.41) is 10.7. The van der Waals surface area contributed by atoms with Crippen molar-refractivity contribution in [1.82, 2.24) is 0 Å². The van der Waals surface area contributed by atoms with Crippen LogP contribution in [0, 0.1) is 27.7 Å². The average molecular weight is 244 g/mol. The zero-order chi connectivity index (χ0) is 13.2. The fraction of sp³-hybridized carbons (Fsp3) is 0.455. The first-order chi connectivity index (χ1) is 7.82. The van der Waals surface area contributed by atoms with Gasteiger partial charge in [0.25, 0.3) is 0 Å². The van der Waals surface area contributed by atoms with Crippen molar-refractivity contribution in [2.24, 2.45) is 11.7 Å². The predicted molar refractivity (Wildman–Crippen MR) is 59.5 cm³/mol. The van der Waals surface area contributed by atoms with Gasteiger partial charge in [0.1, 0.15) is 5.82 Å². The Kier molecular flexibility index (Phi) is 4.11. The van der Waals surface area contributed by atoms with Crippen LogP contribution in [0.3, 0.4) is 0 Å². The smallest absolute Gasteiger partial charge is 0.308 e. The number of rotatable bonds is 4. The first-order valence-electron chi connectivity index (χ1n) is 5.20. The third-order valence-electron chi connectivity index (χ3n) is 2.60. The Morgan fingerprint density at radius 2 is 2.00 bits per heavy atom. The fourth-order valence-electron chi connectivity index (χ4n) is 1.47. The normalized spacial score (nSPS) is 12.8. The minimum Gasteiger partial charge on any atom is -0.327 e. The average Bonchev–Trinajstić information content (AvgIpc) is 2.14. The molecule has 94 valence electrons. The fourth-order valence-corrected chi connectivity index (χ4v) is 1.47. The lowest BCUT2D eigenvalue weighted by Gasteiger charge is -2.15. The lowest BCUT2D eigenvalue weighted by atomic mass is 9.96. The van der Waals surface area contributed by atoms with Crippen LogP contribution in [-0.2, 0) is 6.42 Å². The van der Waals surface area contributed by atoms with E-state index in [1.54, 1.807) is 0 Å². The number of hydrogen-bond acceptors (Lipinski definition) is 3. The second kappa shape index (κ2) is 5.18. The highest BCUT2D eigenvalue weighted by atomic mass is 19.1. The minimum absolute atomic E-state index is 0.00583. The molecule has 1 unspecified atom stereocenters. The number of nitrogens with zero attached hydrogens (tertiary/aromatic N) is 1. The van der Waals surface area contributed by atoms with Gasteiger partial charge in [-0.25, -0.2) is 4.39 Å². The molecule has 0 bridgehead atoms. The van der Waals surface area contributed by atoms with E-state index < -0.39 is 22.2 Å². The van der Waals surface area contributed by atoms with Crippen molar-refractivity contribution in [2.75, 3.05) is 0 Å². The third kappa shape index (κ3) is 3.20. The van der Waals surface area contributed by atoms with Crippen LogP contribution < -0.4 is 5.73 Å². The lowest BCUT2D eigenvalue weighted by molar-refractivity contribution is -0.388. The van der Waals surface area contributed by atoms with E-state index in [4.69, 9.17) is 5.73 Å². The maximum Gasteiger partial charge on any atom is 0.308 e. The molecule has 4 nitrogen and oxygen atoms in total. The van der Waals surface area contributed by atoms with Crippen molar-refractivity contribution in [3.63, 3.8) is 0 Å². The SMILES string of the molecule is CC(C)C(N)Cc1cc(F)cc(F)c1[N+](=O)[O-]. The highest BCUT2D eigenvalue weighted by Crippen LogP contribution is 2.25. The van der Waals surface area contributed by atoms with Crippen molar-refractivity contribution in [3.05, 3.63) is 39.4 Å². The van der Waals surface area contributed by atoms with Gasteiger partial charge in [0.05, 0.1) is 4.92 Å². The number of benzene rings is 1. The van der Waals surface area contributed by atoms with Gasteiger partial charge in [0.15, 0.2) is 0 Å². The van der Waals surface area contributed by atoms with Crippen molar-refractivity contribution in [3.8, 4) is 0 Å². The molecular weight excluding hydrogens is 230 g/mol. The van der Waals surface area contributed by atoms with Gasteiger partial charge < -0.3 is 5.73 Å². The van der Waals surface area contributed by atoms with E-state index in [2.05, 4.69) is 0 Å². The van der Waals surface area contributed by atoms with Crippen LogP contribution in [0.25, 0.3) is 0 Å². The van der Waals surface area contributed by atoms with Crippen molar-refractivity contribution < 1.29 is 13.7 Å². The molecule has 17 heavy (non-hydrogen) atoms. The summed E-state index contributed by atoms with van der Waals surface area (Å²) in [6, 6.07) is 1.08. The molecule has 1 aromatic rings. The zero-order valence-electron chi connectivity index (χ0n) is 9.61. The molecule has 0 saturated carbocycles. The second-order valence-electron chi connectivity index (χ2n) is 4.26. The molecule has 0 fully saturated rings. The summed E-state index contributed by atoms with van der Waals surface area (Å²) in [6.07, 6.45) is 0.0721. The monoisotopic (exact) mass is 244 g/mol. The summed E-state index contributed by atoms with van der Waals surface area (Å²) < 4.78 is 26.3. The number of halogens is 2. The number of nitrogens with two attached hydrogens (primary N) is 1. The van der Waals surface area contributed by atoms with Gasteiger partial charge in [-0.15, -0.1) is 0 Å². The highest BCUT2D eigenvalue weighted by molar-refractivity contribution is 5.42. The van der Waals surface area contributed by atoms with Crippen molar-refractivity contribution in [2.45, 2.75) is 26.3 Å². The Bertz CT molecular complexity index is 436. The van der Waals surface area contributed by atoms with E-state index in [1.165, 1.54) is 0 Å². The standard InChI is InChI=1S/C11H14F2N2O2/c1-6(2)10(14)4-7-3-8(12)5-9(13)11(7)15(16)17/h3,5-6,10H,4,14H2,1-2H3. The van der Waals surface area contributed by atoms with Crippen LogP contribution in [0.1, 0.15) is 19.4 Å². The van der Waals surface area contributed by atoms with E-state index in [-0.39, 0.29) is 23.9 Å². The highest BCUT2D eigenvalue weighted by Gasteiger charge is 2.23. The first-order valence-corrected chi connectivity index (χ1v) is 5.20. The van der Waals surface area contributed by atoms with Crippen LogP contribution in [0.4, 0.5) is 14.5 Å². The molecule has 0 radical (unpaired) electrons. The Morgan fingerprint density at radius 3 is 2.47 bits per heavy atom.